The number of halogens is 1. The molecule has 0 atom stereocenters. The van der Waals surface area contributed by atoms with Crippen LogP contribution in [0.4, 0.5) is 11.5 Å². The summed E-state index contributed by atoms with van der Waals surface area (Å²) in [7, 11) is 1.69. The molecule has 0 fully saturated rings. The zero-order valence-electron chi connectivity index (χ0n) is 8.09. The Bertz CT molecular complexity index is 293. The average molecular weight is 260 g/mol. The lowest BCUT2D eigenvalue weighted by Crippen LogP contribution is -2.08. The molecule has 0 saturated carbocycles. The highest BCUT2D eigenvalue weighted by Gasteiger charge is 1.99. The number of rotatable bonds is 5. The fourth-order valence-electron chi connectivity index (χ4n) is 1.03. The second-order valence-electron chi connectivity index (χ2n) is 2.86. The van der Waals surface area contributed by atoms with Gasteiger partial charge in [0.15, 0.2) is 0 Å². The number of ether oxygens (including phenoxy) is 1. The molecule has 14 heavy (non-hydrogen) atoms. The van der Waals surface area contributed by atoms with Gasteiger partial charge in [0.25, 0.3) is 0 Å². The van der Waals surface area contributed by atoms with E-state index in [1.54, 1.807) is 13.3 Å². The Balaban J connectivity index is 2.42. The summed E-state index contributed by atoms with van der Waals surface area (Å²) < 4.78 is 5.82. The Morgan fingerprint density at radius 2 is 2.43 bits per heavy atom. The van der Waals surface area contributed by atoms with Crippen LogP contribution in [0.5, 0.6) is 0 Å². The van der Waals surface area contributed by atoms with E-state index >= 15 is 0 Å². The molecule has 0 unspecified atom stereocenters. The molecule has 0 radical (unpaired) electrons. The summed E-state index contributed by atoms with van der Waals surface area (Å²) in [6.07, 6.45) is 2.66. The van der Waals surface area contributed by atoms with Crippen LogP contribution in [0.15, 0.2) is 16.7 Å². The van der Waals surface area contributed by atoms with Gasteiger partial charge in [0.05, 0.1) is 5.69 Å². The Kier molecular flexibility index (Phi) is 4.69. The number of nitrogens with zero attached hydrogens (tertiary/aromatic N) is 1. The topological polar surface area (TPSA) is 60.2 Å². The number of anilines is 2. The molecule has 0 spiro atoms. The van der Waals surface area contributed by atoms with Crippen molar-refractivity contribution in [2.24, 2.45) is 0 Å². The van der Waals surface area contributed by atoms with E-state index in [2.05, 4.69) is 26.2 Å². The van der Waals surface area contributed by atoms with E-state index in [1.165, 1.54) is 0 Å². The lowest BCUT2D eigenvalue weighted by atomic mass is 10.4. The first-order chi connectivity index (χ1) is 6.74. The molecule has 0 saturated heterocycles. The minimum Gasteiger partial charge on any atom is -0.396 e. The van der Waals surface area contributed by atoms with Gasteiger partial charge < -0.3 is 15.8 Å². The lowest BCUT2D eigenvalue weighted by molar-refractivity contribution is 0.198. The molecule has 1 heterocycles. The SMILES string of the molecule is COCCCNc1ncc(Br)cc1N. The van der Waals surface area contributed by atoms with Crippen LogP contribution in [0.3, 0.4) is 0 Å². The molecule has 5 heteroatoms. The monoisotopic (exact) mass is 259 g/mol. The summed E-state index contributed by atoms with van der Waals surface area (Å²) in [4.78, 5) is 4.15. The fraction of sp³-hybridized carbons (Fsp3) is 0.444. The summed E-state index contributed by atoms with van der Waals surface area (Å²) in [5.74, 6) is 0.726. The van der Waals surface area contributed by atoms with E-state index in [4.69, 9.17) is 10.5 Å². The number of nitrogens with two attached hydrogens (primary N) is 1. The van der Waals surface area contributed by atoms with Crippen molar-refractivity contribution in [3.63, 3.8) is 0 Å². The Morgan fingerprint density at radius 3 is 3.07 bits per heavy atom. The molecule has 0 aliphatic heterocycles. The van der Waals surface area contributed by atoms with Crippen molar-refractivity contribution < 1.29 is 4.74 Å². The average Bonchev–Trinajstić information content (AvgIpc) is 2.15. The highest BCUT2D eigenvalue weighted by atomic mass is 79.9. The van der Waals surface area contributed by atoms with Crippen LogP contribution in [-0.4, -0.2) is 25.2 Å². The van der Waals surface area contributed by atoms with Crippen LogP contribution in [0, 0.1) is 0 Å². The van der Waals surface area contributed by atoms with Gasteiger partial charge in [-0.05, 0) is 28.4 Å². The van der Waals surface area contributed by atoms with E-state index < -0.39 is 0 Å². The maximum atomic E-state index is 5.75. The number of nitrogen functional groups attached to an aromatic ring is 1. The van der Waals surface area contributed by atoms with Crippen molar-refractivity contribution in [2.75, 3.05) is 31.3 Å². The summed E-state index contributed by atoms with van der Waals surface area (Å²) >= 11 is 3.30. The molecule has 0 bridgehead atoms. The molecule has 0 aliphatic rings. The predicted molar refractivity (Wildman–Crippen MR) is 61.3 cm³/mol. The first-order valence-electron chi connectivity index (χ1n) is 4.38. The summed E-state index contributed by atoms with van der Waals surface area (Å²) in [5, 5.41) is 3.14. The molecule has 0 aliphatic carbocycles. The largest absolute Gasteiger partial charge is 0.396 e. The highest BCUT2D eigenvalue weighted by molar-refractivity contribution is 9.10. The van der Waals surface area contributed by atoms with Crippen molar-refractivity contribution in [2.45, 2.75) is 6.42 Å². The van der Waals surface area contributed by atoms with Crippen molar-refractivity contribution in [3.05, 3.63) is 16.7 Å². The first-order valence-corrected chi connectivity index (χ1v) is 5.17. The van der Waals surface area contributed by atoms with Crippen molar-refractivity contribution >= 4 is 27.4 Å². The van der Waals surface area contributed by atoms with Crippen LogP contribution in [0.25, 0.3) is 0 Å². The van der Waals surface area contributed by atoms with Crippen LogP contribution in [-0.2, 0) is 4.74 Å². The molecule has 1 rings (SSSR count). The van der Waals surface area contributed by atoms with Gasteiger partial charge in [0.1, 0.15) is 5.82 Å². The third-order valence-electron chi connectivity index (χ3n) is 1.70. The number of pyridine rings is 1. The molecule has 3 N–H and O–H groups in total. The number of nitrogens with one attached hydrogen (secondary N) is 1. The summed E-state index contributed by atoms with van der Waals surface area (Å²) in [5.41, 5.74) is 6.40. The van der Waals surface area contributed by atoms with Gasteiger partial charge in [-0.25, -0.2) is 4.98 Å². The fourth-order valence-corrected chi connectivity index (χ4v) is 1.37. The van der Waals surface area contributed by atoms with Gasteiger partial charge in [-0.2, -0.15) is 0 Å². The van der Waals surface area contributed by atoms with Gasteiger partial charge in [0, 0.05) is 30.9 Å². The van der Waals surface area contributed by atoms with Crippen molar-refractivity contribution in [1.29, 1.82) is 0 Å². The van der Waals surface area contributed by atoms with E-state index in [1.807, 2.05) is 6.07 Å². The first kappa shape index (κ1) is 11.3. The molecular weight excluding hydrogens is 246 g/mol. The van der Waals surface area contributed by atoms with Crippen LogP contribution < -0.4 is 11.1 Å². The number of hydrogen-bond donors (Lipinski definition) is 2. The van der Waals surface area contributed by atoms with Gasteiger partial charge in [-0.3, -0.25) is 0 Å². The Hall–Kier alpha value is -0.810. The van der Waals surface area contributed by atoms with Crippen LogP contribution in [0.1, 0.15) is 6.42 Å². The molecule has 78 valence electrons. The minimum atomic E-state index is 0.650. The number of hydrogen-bond acceptors (Lipinski definition) is 4. The summed E-state index contributed by atoms with van der Waals surface area (Å²) in [6, 6.07) is 1.83. The van der Waals surface area contributed by atoms with E-state index in [-0.39, 0.29) is 0 Å². The van der Waals surface area contributed by atoms with E-state index in [0.717, 1.165) is 29.9 Å². The van der Waals surface area contributed by atoms with Gasteiger partial charge in [-0.15, -0.1) is 0 Å². The lowest BCUT2D eigenvalue weighted by Gasteiger charge is -2.07. The third-order valence-corrected chi connectivity index (χ3v) is 2.14. The van der Waals surface area contributed by atoms with Gasteiger partial charge >= 0.3 is 0 Å². The predicted octanol–water partition coefficient (Wildman–Crippen LogP) is 1.87. The van der Waals surface area contributed by atoms with Crippen LogP contribution in [0.2, 0.25) is 0 Å². The maximum absolute atomic E-state index is 5.75. The third kappa shape index (κ3) is 3.51. The van der Waals surface area contributed by atoms with Gasteiger partial charge in [-0.1, -0.05) is 0 Å². The van der Waals surface area contributed by atoms with Crippen molar-refractivity contribution in [3.8, 4) is 0 Å². The standard InChI is InChI=1S/C9H14BrN3O/c1-14-4-2-3-12-9-8(11)5-7(10)6-13-9/h5-6H,2-4,11H2,1H3,(H,12,13). The molecule has 4 nitrogen and oxygen atoms in total. The van der Waals surface area contributed by atoms with Gasteiger partial charge in [0.2, 0.25) is 0 Å². The second-order valence-corrected chi connectivity index (χ2v) is 3.78. The quantitative estimate of drug-likeness (QED) is 0.793. The normalized spacial score (nSPS) is 10.1. The van der Waals surface area contributed by atoms with E-state index in [0.29, 0.717) is 5.69 Å². The molecule has 0 aromatic carbocycles. The summed E-state index contributed by atoms with van der Waals surface area (Å²) in [6.45, 7) is 1.55. The molecule has 1 aromatic rings. The zero-order valence-corrected chi connectivity index (χ0v) is 9.67. The molecular formula is C9H14BrN3O. The zero-order chi connectivity index (χ0) is 10.4. The Morgan fingerprint density at radius 1 is 1.64 bits per heavy atom. The second kappa shape index (κ2) is 5.82. The Labute approximate surface area is 92.0 Å². The number of methoxy groups -OCH3 is 1. The van der Waals surface area contributed by atoms with E-state index in [9.17, 15) is 0 Å². The van der Waals surface area contributed by atoms with Crippen LogP contribution >= 0.6 is 15.9 Å². The highest BCUT2D eigenvalue weighted by Crippen LogP contribution is 2.19. The smallest absolute Gasteiger partial charge is 0.149 e. The van der Waals surface area contributed by atoms with Crippen molar-refractivity contribution in [1.82, 2.24) is 4.98 Å². The maximum Gasteiger partial charge on any atom is 0.149 e. The molecule has 0 amide bonds. The molecule has 1 aromatic heterocycles. The number of aromatic nitrogens is 1. The minimum absolute atomic E-state index is 0.650.